The van der Waals surface area contributed by atoms with Crippen molar-refractivity contribution < 1.29 is 4.84 Å². The SMILES string of the molecule is C=C1C(C)(C)C(C)(C)C(C)(C)[C@]12C[C@H](c1ccccc1)N(c1ccccc1)O2. The van der Waals surface area contributed by atoms with Gasteiger partial charge in [0.25, 0.3) is 0 Å². The van der Waals surface area contributed by atoms with E-state index in [1.807, 2.05) is 0 Å². The van der Waals surface area contributed by atoms with Gasteiger partial charge in [-0.1, -0.05) is 96.7 Å². The Morgan fingerprint density at radius 1 is 0.821 bits per heavy atom. The topological polar surface area (TPSA) is 12.5 Å². The van der Waals surface area contributed by atoms with Crippen LogP contribution in [0.15, 0.2) is 72.8 Å². The largest absolute Gasteiger partial charge is 0.261 e. The van der Waals surface area contributed by atoms with E-state index in [1.165, 1.54) is 11.1 Å². The Morgan fingerprint density at radius 2 is 1.36 bits per heavy atom. The van der Waals surface area contributed by atoms with Gasteiger partial charge in [-0.15, -0.1) is 0 Å². The van der Waals surface area contributed by atoms with E-state index in [9.17, 15) is 0 Å². The lowest BCUT2D eigenvalue weighted by molar-refractivity contribution is -0.0931. The van der Waals surface area contributed by atoms with E-state index >= 15 is 0 Å². The summed E-state index contributed by atoms with van der Waals surface area (Å²) in [5, 5.41) is 2.14. The Balaban J connectivity index is 1.88. The lowest BCUT2D eigenvalue weighted by Crippen LogP contribution is -2.47. The highest BCUT2D eigenvalue weighted by Crippen LogP contribution is 2.73. The molecule has 1 spiro atoms. The number of hydroxylamine groups is 1. The maximum atomic E-state index is 7.00. The monoisotopic (exact) mass is 375 g/mol. The van der Waals surface area contributed by atoms with Gasteiger partial charge in [0.1, 0.15) is 5.60 Å². The van der Waals surface area contributed by atoms with Gasteiger partial charge in [-0.3, -0.25) is 4.84 Å². The zero-order valence-corrected chi connectivity index (χ0v) is 18.1. The molecule has 28 heavy (non-hydrogen) atoms. The molecule has 0 aromatic heterocycles. The van der Waals surface area contributed by atoms with Crippen LogP contribution in [-0.4, -0.2) is 5.60 Å². The molecule has 148 valence electrons. The van der Waals surface area contributed by atoms with Crippen LogP contribution in [0.2, 0.25) is 0 Å². The number of nitrogens with zero attached hydrogens (tertiary/aromatic N) is 1. The number of benzene rings is 2. The van der Waals surface area contributed by atoms with Crippen LogP contribution in [0.1, 0.15) is 59.6 Å². The van der Waals surface area contributed by atoms with Crippen LogP contribution in [0.3, 0.4) is 0 Å². The maximum absolute atomic E-state index is 7.00. The molecule has 1 heterocycles. The van der Waals surface area contributed by atoms with Crippen LogP contribution in [0.25, 0.3) is 0 Å². The van der Waals surface area contributed by atoms with Crippen molar-refractivity contribution in [3.05, 3.63) is 78.4 Å². The minimum Gasteiger partial charge on any atom is -0.261 e. The summed E-state index contributed by atoms with van der Waals surface area (Å²) >= 11 is 0. The Bertz CT molecular complexity index is 832. The highest BCUT2D eigenvalue weighted by molar-refractivity contribution is 5.51. The van der Waals surface area contributed by atoms with E-state index in [2.05, 4.69) is 114 Å². The van der Waals surface area contributed by atoms with Crippen LogP contribution < -0.4 is 5.06 Å². The molecule has 2 heteroatoms. The quantitative estimate of drug-likeness (QED) is 0.526. The molecule has 0 bridgehead atoms. The molecule has 0 amide bonds. The molecular weight excluding hydrogens is 342 g/mol. The second-order valence-corrected chi connectivity index (χ2v) is 10.1. The van der Waals surface area contributed by atoms with Crippen molar-refractivity contribution in [3.63, 3.8) is 0 Å². The lowest BCUT2D eigenvalue weighted by Gasteiger charge is -2.46. The molecule has 2 atom stereocenters. The van der Waals surface area contributed by atoms with Crippen molar-refractivity contribution in [3.8, 4) is 0 Å². The molecule has 2 aromatic rings. The van der Waals surface area contributed by atoms with Gasteiger partial charge >= 0.3 is 0 Å². The molecule has 0 radical (unpaired) electrons. The predicted octanol–water partition coefficient (Wildman–Crippen LogP) is 6.96. The minimum atomic E-state index is -0.406. The van der Waals surface area contributed by atoms with E-state index in [4.69, 9.17) is 4.84 Å². The number of para-hydroxylation sites is 1. The molecule has 1 aliphatic carbocycles. The Labute approximate surface area is 170 Å². The van der Waals surface area contributed by atoms with E-state index in [1.54, 1.807) is 0 Å². The molecule has 4 rings (SSSR count). The fraction of sp³-hybridized carbons (Fsp3) is 0.462. The average molecular weight is 376 g/mol. The third kappa shape index (κ3) is 2.24. The summed E-state index contributed by atoms with van der Waals surface area (Å²) in [4.78, 5) is 7.00. The fourth-order valence-electron chi connectivity index (χ4n) is 5.45. The molecule has 2 aliphatic rings. The van der Waals surface area contributed by atoms with Gasteiger partial charge in [-0.2, -0.15) is 0 Å². The van der Waals surface area contributed by atoms with Crippen LogP contribution in [0.5, 0.6) is 0 Å². The Morgan fingerprint density at radius 3 is 1.86 bits per heavy atom. The van der Waals surface area contributed by atoms with E-state index in [0.29, 0.717) is 0 Å². The number of hydrogen-bond acceptors (Lipinski definition) is 2. The van der Waals surface area contributed by atoms with Crippen molar-refractivity contribution in [2.45, 2.75) is 59.6 Å². The van der Waals surface area contributed by atoms with Gasteiger partial charge in [-0.25, -0.2) is 5.06 Å². The first-order valence-corrected chi connectivity index (χ1v) is 10.3. The van der Waals surface area contributed by atoms with Gasteiger partial charge in [0.2, 0.25) is 0 Å². The number of rotatable bonds is 2. The zero-order valence-electron chi connectivity index (χ0n) is 18.1. The summed E-state index contributed by atoms with van der Waals surface area (Å²) in [6.07, 6.45) is 0.907. The highest BCUT2D eigenvalue weighted by atomic mass is 16.7. The van der Waals surface area contributed by atoms with Gasteiger partial charge in [0.15, 0.2) is 0 Å². The Kier molecular flexibility index (Phi) is 4.11. The number of hydrogen-bond donors (Lipinski definition) is 0. The minimum absolute atomic E-state index is 0.0234. The molecule has 2 aromatic carbocycles. The normalized spacial score (nSPS) is 30.1. The number of anilines is 1. The van der Waals surface area contributed by atoms with E-state index < -0.39 is 5.60 Å². The molecule has 2 nitrogen and oxygen atoms in total. The van der Waals surface area contributed by atoms with Crippen molar-refractivity contribution >= 4 is 5.69 Å². The van der Waals surface area contributed by atoms with Crippen molar-refractivity contribution in [2.75, 3.05) is 5.06 Å². The van der Waals surface area contributed by atoms with Crippen molar-refractivity contribution in [1.29, 1.82) is 0 Å². The summed E-state index contributed by atoms with van der Waals surface area (Å²) in [6.45, 7) is 18.8. The molecule has 2 fully saturated rings. The summed E-state index contributed by atoms with van der Waals surface area (Å²) in [5.74, 6) is 0. The smallest absolute Gasteiger partial charge is 0.125 e. The highest BCUT2D eigenvalue weighted by Gasteiger charge is 2.72. The fourth-order valence-corrected chi connectivity index (χ4v) is 5.45. The summed E-state index contributed by atoms with van der Waals surface area (Å²) in [6, 6.07) is 21.4. The molecule has 1 aliphatic heterocycles. The predicted molar refractivity (Wildman–Crippen MR) is 117 cm³/mol. The summed E-state index contributed by atoms with van der Waals surface area (Å²) in [5.41, 5.74) is 3.14. The molecule has 1 saturated heterocycles. The van der Waals surface area contributed by atoms with Crippen molar-refractivity contribution in [1.82, 2.24) is 0 Å². The molecule has 1 saturated carbocycles. The Hall–Kier alpha value is -2.06. The first-order chi connectivity index (χ1) is 13.1. The zero-order chi connectivity index (χ0) is 20.4. The van der Waals surface area contributed by atoms with Crippen LogP contribution in [-0.2, 0) is 4.84 Å². The van der Waals surface area contributed by atoms with Crippen LogP contribution in [0, 0.1) is 16.2 Å². The summed E-state index contributed by atoms with van der Waals surface area (Å²) < 4.78 is 0. The summed E-state index contributed by atoms with van der Waals surface area (Å²) in [7, 11) is 0. The second-order valence-electron chi connectivity index (χ2n) is 10.1. The third-order valence-corrected chi connectivity index (χ3v) is 8.59. The standard InChI is InChI=1S/C26H33NO/c1-19-23(2,3)24(4,5)25(6,7)26(19)18-22(20-14-10-8-11-15-20)27(28-26)21-16-12-9-13-17-21/h8-17,22H,1,18H2,2-7H3/t22-,26+/m1/s1. The first kappa shape index (κ1) is 19.3. The van der Waals surface area contributed by atoms with Crippen LogP contribution in [0.4, 0.5) is 5.69 Å². The second kappa shape index (κ2) is 5.97. The molecular formula is C26H33NO. The maximum Gasteiger partial charge on any atom is 0.125 e. The molecule has 0 unspecified atom stereocenters. The average Bonchev–Trinajstić information content (AvgIpc) is 3.13. The third-order valence-electron chi connectivity index (χ3n) is 8.59. The van der Waals surface area contributed by atoms with Gasteiger partial charge < -0.3 is 0 Å². The van der Waals surface area contributed by atoms with Crippen molar-refractivity contribution in [2.24, 2.45) is 16.2 Å². The van der Waals surface area contributed by atoms with Crippen LogP contribution >= 0.6 is 0 Å². The van der Waals surface area contributed by atoms with Gasteiger partial charge in [0, 0.05) is 11.8 Å². The first-order valence-electron chi connectivity index (χ1n) is 10.3. The van der Waals surface area contributed by atoms with Gasteiger partial charge in [0.05, 0.1) is 11.7 Å². The molecule has 0 N–H and O–H groups in total. The lowest BCUT2D eigenvalue weighted by atomic mass is 9.59. The van der Waals surface area contributed by atoms with E-state index in [0.717, 1.165) is 12.1 Å². The van der Waals surface area contributed by atoms with E-state index in [-0.39, 0.29) is 22.3 Å². The van der Waals surface area contributed by atoms with Gasteiger partial charge in [-0.05, 0) is 34.1 Å².